The summed E-state index contributed by atoms with van der Waals surface area (Å²) in [6, 6.07) is 25.8. The molecule has 0 aromatic heterocycles. The van der Waals surface area contributed by atoms with Gasteiger partial charge in [0.05, 0.1) is 11.1 Å². The number of hydrogen-bond donors (Lipinski definition) is 2. The lowest BCUT2D eigenvalue weighted by Crippen LogP contribution is -2.46. The van der Waals surface area contributed by atoms with Crippen LogP contribution < -0.4 is 10.6 Å². The minimum Gasteiger partial charge on any atom is -0.456 e. The number of ether oxygens (including phenoxy) is 2. The van der Waals surface area contributed by atoms with Crippen LogP contribution in [0.4, 0.5) is 0 Å². The van der Waals surface area contributed by atoms with Gasteiger partial charge in [0, 0.05) is 18.3 Å². The van der Waals surface area contributed by atoms with Gasteiger partial charge in [0.15, 0.2) is 0 Å². The van der Waals surface area contributed by atoms with Crippen molar-refractivity contribution in [3.63, 3.8) is 0 Å². The molecular formula is C38H44N2O4. The van der Waals surface area contributed by atoms with Crippen LogP contribution in [0, 0.1) is 11.8 Å². The molecule has 0 aliphatic carbocycles. The summed E-state index contributed by atoms with van der Waals surface area (Å²) in [4.78, 5) is 27.1. The van der Waals surface area contributed by atoms with Crippen LogP contribution in [0.2, 0.25) is 0 Å². The van der Waals surface area contributed by atoms with Gasteiger partial charge in [-0.2, -0.15) is 0 Å². The molecule has 2 heterocycles. The van der Waals surface area contributed by atoms with Crippen LogP contribution in [0.1, 0.15) is 72.7 Å². The highest BCUT2D eigenvalue weighted by Gasteiger charge is 2.39. The van der Waals surface area contributed by atoms with Gasteiger partial charge in [-0.05, 0) is 118 Å². The summed E-state index contributed by atoms with van der Waals surface area (Å²) in [5, 5.41) is 10.8. The van der Waals surface area contributed by atoms with Gasteiger partial charge in [-0.15, -0.1) is 0 Å². The summed E-state index contributed by atoms with van der Waals surface area (Å²) < 4.78 is 12.6. The Morgan fingerprint density at radius 2 is 1.34 bits per heavy atom. The van der Waals surface area contributed by atoms with Gasteiger partial charge in [-0.1, -0.05) is 60.7 Å². The topological polar surface area (TPSA) is 76.7 Å². The largest absolute Gasteiger partial charge is 0.456 e. The SMILES string of the molecule is CC(C)(OC(=O)c1cccc2cc(CC(C)(OC(=O)c3ccc4ccccc4c3)C3CCNCC3)ccc12)C1CCNCC1. The molecule has 0 spiro atoms. The third kappa shape index (κ3) is 6.52. The molecule has 2 saturated heterocycles. The molecular weight excluding hydrogens is 548 g/mol. The Bertz CT molecular complexity index is 1650. The minimum atomic E-state index is -0.687. The Morgan fingerprint density at radius 3 is 2.07 bits per heavy atom. The fourth-order valence-corrected chi connectivity index (χ4v) is 7.20. The molecule has 0 saturated carbocycles. The molecule has 1 atom stereocenters. The van der Waals surface area contributed by atoms with Gasteiger partial charge in [0.1, 0.15) is 11.2 Å². The lowest BCUT2D eigenvalue weighted by atomic mass is 9.78. The molecule has 0 amide bonds. The average molecular weight is 593 g/mol. The molecule has 6 heteroatoms. The molecule has 2 N–H and O–H groups in total. The number of rotatable bonds is 8. The molecule has 4 aromatic carbocycles. The number of nitrogens with one attached hydrogen (secondary N) is 2. The molecule has 44 heavy (non-hydrogen) atoms. The standard InChI is InChI=1S/C38H44N2O4/c1-37(2,31-15-19-39-20-16-31)43-36(42)34-10-6-9-29-23-26(11-14-33(29)34)25-38(3,32-17-21-40-22-18-32)44-35(41)30-13-12-27-7-4-5-8-28(27)24-30/h4-14,23-24,31-32,39-40H,15-22,25H2,1-3H3. The van der Waals surface area contributed by atoms with E-state index in [0.717, 1.165) is 79.0 Å². The number of hydrogen-bond acceptors (Lipinski definition) is 6. The molecule has 4 aromatic rings. The lowest BCUT2D eigenvalue weighted by molar-refractivity contribution is -0.0477. The van der Waals surface area contributed by atoms with Crippen LogP contribution in [0.3, 0.4) is 0 Å². The van der Waals surface area contributed by atoms with Gasteiger partial charge < -0.3 is 20.1 Å². The predicted molar refractivity (Wildman–Crippen MR) is 176 cm³/mol. The first-order valence-electron chi connectivity index (χ1n) is 16.1. The summed E-state index contributed by atoms with van der Waals surface area (Å²) in [7, 11) is 0. The Labute approximate surface area is 260 Å². The number of benzene rings is 4. The zero-order chi connectivity index (χ0) is 30.7. The van der Waals surface area contributed by atoms with Crippen molar-refractivity contribution in [1.29, 1.82) is 0 Å². The molecule has 2 aliphatic heterocycles. The number of esters is 2. The summed E-state index contributed by atoms with van der Waals surface area (Å²) >= 11 is 0. The number of carbonyl (C=O) groups excluding carboxylic acids is 2. The van der Waals surface area contributed by atoms with Crippen LogP contribution in [0.15, 0.2) is 78.9 Å². The van der Waals surface area contributed by atoms with Gasteiger partial charge >= 0.3 is 11.9 Å². The van der Waals surface area contributed by atoms with E-state index in [-0.39, 0.29) is 17.9 Å². The van der Waals surface area contributed by atoms with E-state index in [1.165, 1.54) is 0 Å². The van der Waals surface area contributed by atoms with Crippen LogP contribution in [-0.2, 0) is 15.9 Å². The van der Waals surface area contributed by atoms with E-state index in [1.807, 2.05) is 80.6 Å². The van der Waals surface area contributed by atoms with Crippen molar-refractivity contribution in [1.82, 2.24) is 10.6 Å². The van der Waals surface area contributed by atoms with Crippen molar-refractivity contribution in [2.45, 2.75) is 64.1 Å². The summed E-state index contributed by atoms with van der Waals surface area (Å²) in [5.41, 5.74) is 1.00. The molecule has 0 bridgehead atoms. The average Bonchev–Trinajstić information content (AvgIpc) is 3.04. The molecule has 6 rings (SSSR count). The summed E-state index contributed by atoms with van der Waals surface area (Å²) in [6.07, 6.45) is 4.47. The third-order valence-electron chi connectivity index (χ3n) is 9.91. The van der Waals surface area contributed by atoms with Crippen LogP contribution in [-0.4, -0.2) is 49.3 Å². The normalized spacial score (nSPS) is 18.2. The second-order valence-corrected chi connectivity index (χ2v) is 13.3. The molecule has 2 aliphatic rings. The van der Waals surface area contributed by atoms with E-state index in [9.17, 15) is 9.59 Å². The zero-order valence-electron chi connectivity index (χ0n) is 26.2. The maximum absolute atomic E-state index is 13.6. The maximum atomic E-state index is 13.6. The first-order valence-corrected chi connectivity index (χ1v) is 16.1. The van der Waals surface area contributed by atoms with E-state index < -0.39 is 11.2 Å². The molecule has 6 nitrogen and oxygen atoms in total. The monoisotopic (exact) mass is 592 g/mol. The Morgan fingerprint density at radius 1 is 0.682 bits per heavy atom. The fraction of sp³-hybridized carbons (Fsp3) is 0.421. The van der Waals surface area contributed by atoms with E-state index in [4.69, 9.17) is 9.47 Å². The van der Waals surface area contributed by atoms with E-state index in [2.05, 4.69) is 29.7 Å². The summed E-state index contributed by atoms with van der Waals surface area (Å²) in [6.45, 7) is 9.88. The lowest BCUT2D eigenvalue weighted by Gasteiger charge is -2.40. The van der Waals surface area contributed by atoms with Gasteiger partial charge in [0.2, 0.25) is 0 Å². The number of piperidine rings is 2. The quantitative estimate of drug-likeness (QED) is 0.213. The molecule has 1 unspecified atom stereocenters. The first-order chi connectivity index (χ1) is 21.2. The number of carbonyl (C=O) groups is 2. The third-order valence-corrected chi connectivity index (χ3v) is 9.91. The maximum Gasteiger partial charge on any atom is 0.339 e. The van der Waals surface area contributed by atoms with Gasteiger partial charge in [-0.25, -0.2) is 9.59 Å². The molecule has 230 valence electrons. The van der Waals surface area contributed by atoms with Crippen LogP contribution >= 0.6 is 0 Å². The van der Waals surface area contributed by atoms with Crippen molar-refractivity contribution >= 4 is 33.5 Å². The van der Waals surface area contributed by atoms with E-state index in [1.54, 1.807) is 0 Å². The predicted octanol–water partition coefficient (Wildman–Crippen LogP) is 7.09. The second-order valence-electron chi connectivity index (χ2n) is 13.3. The van der Waals surface area contributed by atoms with Gasteiger partial charge in [-0.3, -0.25) is 0 Å². The first kappa shape index (κ1) is 30.3. The fourth-order valence-electron chi connectivity index (χ4n) is 7.20. The van der Waals surface area contributed by atoms with E-state index >= 15 is 0 Å². The van der Waals surface area contributed by atoms with Crippen molar-refractivity contribution in [3.8, 4) is 0 Å². The highest BCUT2D eigenvalue weighted by molar-refractivity contribution is 6.04. The van der Waals surface area contributed by atoms with E-state index in [0.29, 0.717) is 23.5 Å². The van der Waals surface area contributed by atoms with Gasteiger partial charge in [0.25, 0.3) is 0 Å². The minimum absolute atomic E-state index is 0.224. The van der Waals surface area contributed by atoms with Crippen LogP contribution in [0.5, 0.6) is 0 Å². The van der Waals surface area contributed by atoms with Crippen molar-refractivity contribution in [2.24, 2.45) is 11.8 Å². The van der Waals surface area contributed by atoms with Crippen molar-refractivity contribution in [2.75, 3.05) is 26.2 Å². The van der Waals surface area contributed by atoms with Crippen molar-refractivity contribution < 1.29 is 19.1 Å². The molecule has 0 radical (unpaired) electrons. The highest BCUT2D eigenvalue weighted by Crippen LogP contribution is 2.36. The Kier molecular flexibility index (Phi) is 8.75. The van der Waals surface area contributed by atoms with Crippen LogP contribution in [0.25, 0.3) is 21.5 Å². The Hall–Kier alpha value is -3.74. The van der Waals surface area contributed by atoms with Crippen molar-refractivity contribution in [3.05, 3.63) is 95.6 Å². The smallest absolute Gasteiger partial charge is 0.339 e. The molecule has 2 fully saturated rings. The highest BCUT2D eigenvalue weighted by atomic mass is 16.6. The Balaban J connectivity index is 1.24. The number of fused-ring (bicyclic) bond motifs is 2. The second kappa shape index (κ2) is 12.7. The zero-order valence-corrected chi connectivity index (χ0v) is 26.2. The summed E-state index contributed by atoms with van der Waals surface area (Å²) in [5.74, 6) is -0.0173.